The molecular weight excluding hydrogens is 270 g/mol. The Balaban J connectivity index is 2.59. The number of carboxylic acids is 1. The highest BCUT2D eigenvalue weighted by Crippen LogP contribution is 2.25. The third kappa shape index (κ3) is 4.83. The number of nitrogens with zero attached hydrogens (tertiary/aromatic N) is 1. The number of piperidine rings is 1. The SMILES string of the molecule is COC1C[CH][C](C(=O)O)N(C(=O)CCSC(C)=O)C1. The summed E-state index contributed by atoms with van der Waals surface area (Å²) in [5.41, 5.74) is 0. The molecule has 1 heterocycles. The molecule has 1 saturated heterocycles. The minimum absolute atomic E-state index is 0.00822. The quantitative estimate of drug-likeness (QED) is 0.802. The third-order valence-corrected chi connectivity index (χ3v) is 3.54. The molecule has 6 nitrogen and oxygen atoms in total. The fourth-order valence-corrected chi connectivity index (χ4v) is 2.32. The molecule has 1 aliphatic rings. The van der Waals surface area contributed by atoms with E-state index in [1.54, 1.807) is 0 Å². The molecule has 7 heteroatoms. The van der Waals surface area contributed by atoms with Gasteiger partial charge in [-0.15, -0.1) is 0 Å². The first-order valence-corrected chi connectivity index (χ1v) is 6.84. The third-order valence-electron chi connectivity index (χ3n) is 2.73. The molecule has 1 rings (SSSR count). The molecule has 0 bridgehead atoms. The number of aliphatic carboxylic acids is 1. The van der Waals surface area contributed by atoms with Crippen molar-refractivity contribution in [3.8, 4) is 0 Å². The summed E-state index contributed by atoms with van der Waals surface area (Å²) < 4.78 is 5.15. The van der Waals surface area contributed by atoms with E-state index in [9.17, 15) is 14.4 Å². The minimum Gasteiger partial charge on any atom is -0.479 e. The monoisotopic (exact) mass is 287 g/mol. The average Bonchev–Trinajstić information content (AvgIpc) is 2.37. The van der Waals surface area contributed by atoms with Crippen LogP contribution in [0.15, 0.2) is 0 Å². The summed E-state index contributed by atoms with van der Waals surface area (Å²) in [4.78, 5) is 35.1. The van der Waals surface area contributed by atoms with Gasteiger partial charge in [-0.2, -0.15) is 0 Å². The van der Waals surface area contributed by atoms with Gasteiger partial charge in [-0.25, -0.2) is 4.79 Å². The van der Waals surface area contributed by atoms with Crippen molar-refractivity contribution in [3.63, 3.8) is 0 Å². The molecule has 0 saturated carbocycles. The van der Waals surface area contributed by atoms with Gasteiger partial charge in [0.25, 0.3) is 0 Å². The van der Waals surface area contributed by atoms with E-state index in [0.29, 0.717) is 12.2 Å². The Labute approximate surface area is 116 Å². The highest BCUT2D eigenvalue weighted by atomic mass is 32.2. The summed E-state index contributed by atoms with van der Waals surface area (Å²) in [5, 5.41) is 9.01. The van der Waals surface area contributed by atoms with Gasteiger partial charge in [0.05, 0.1) is 6.10 Å². The van der Waals surface area contributed by atoms with E-state index >= 15 is 0 Å². The predicted molar refractivity (Wildman–Crippen MR) is 70.1 cm³/mol. The first-order chi connectivity index (χ1) is 8.95. The largest absolute Gasteiger partial charge is 0.479 e. The standard InChI is InChI=1S/C12H17NO5S/c1-8(14)19-6-5-11(15)13-7-9(18-2)3-4-10(13)12(16)17/h4,9H,3,5-7H2,1-2H3,(H,16,17). The first kappa shape index (κ1) is 16.0. The molecule has 1 fully saturated rings. The number of rotatable bonds is 5. The maximum Gasteiger partial charge on any atom is 0.333 e. The molecule has 0 aliphatic carbocycles. The second-order valence-corrected chi connectivity index (χ2v) is 5.35. The van der Waals surface area contributed by atoms with Crippen molar-refractivity contribution in [2.24, 2.45) is 0 Å². The van der Waals surface area contributed by atoms with E-state index in [2.05, 4.69) is 0 Å². The molecule has 0 aromatic rings. The number of amides is 1. The van der Waals surface area contributed by atoms with Crippen molar-refractivity contribution in [2.75, 3.05) is 19.4 Å². The number of carboxylic acid groups (broad SMARTS) is 1. The average molecular weight is 287 g/mol. The predicted octanol–water partition coefficient (Wildman–Crippen LogP) is 0.724. The van der Waals surface area contributed by atoms with E-state index in [4.69, 9.17) is 9.84 Å². The second-order valence-electron chi connectivity index (χ2n) is 4.08. The lowest BCUT2D eigenvalue weighted by atomic mass is 9.99. The number of thioether (sulfide) groups is 1. The lowest BCUT2D eigenvalue weighted by Gasteiger charge is -2.35. The van der Waals surface area contributed by atoms with Crippen LogP contribution < -0.4 is 0 Å². The van der Waals surface area contributed by atoms with Crippen molar-refractivity contribution < 1.29 is 24.2 Å². The van der Waals surface area contributed by atoms with Gasteiger partial charge < -0.3 is 14.7 Å². The summed E-state index contributed by atoms with van der Waals surface area (Å²) in [6, 6.07) is -0.00822. The Morgan fingerprint density at radius 2 is 2.21 bits per heavy atom. The van der Waals surface area contributed by atoms with E-state index in [0.717, 1.165) is 11.8 Å². The van der Waals surface area contributed by atoms with Gasteiger partial charge in [-0.05, 0) is 6.42 Å². The fourth-order valence-electron chi connectivity index (χ4n) is 1.76. The molecule has 106 valence electrons. The van der Waals surface area contributed by atoms with E-state index < -0.39 is 5.97 Å². The molecular formula is C12H17NO5S. The molecule has 2 radical (unpaired) electrons. The number of likely N-dealkylation sites (tertiary alicyclic amines) is 1. The van der Waals surface area contributed by atoms with Crippen molar-refractivity contribution in [1.29, 1.82) is 0 Å². The number of ether oxygens (including phenoxy) is 1. The molecule has 0 spiro atoms. The highest BCUT2D eigenvalue weighted by molar-refractivity contribution is 8.13. The van der Waals surface area contributed by atoms with Crippen LogP contribution >= 0.6 is 11.8 Å². The molecule has 1 N–H and O–H groups in total. The maximum atomic E-state index is 12.0. The van der Waals surface area contributed by atoms with Crippen LogP contribution in [-0.4, -0.2) is 52.5 Å². The van der Waals surface area contributed by atoms with E-state index in [1.807, 2.05) is 0 Å². The first-order valence-electron chi connectivity index (χ1n) is 5.85. The summed E-state index contributed by atoms with van der Waals surface area (Å²) in [6.45, 7) is 1.66. The number of hydrogen-bond acceptors (Lipinski definition) is 5. The van der Waals surface area contributed by atoms with Crippen LogP contribution in [0.25, 0.3) is 0 Å². The molecule has 19 heavy (non-hydrogen) atoms. The summed E-state index contributed by atoms with van der Waals surface area (Å²) >= 11 is 1.06. The fraction of sp³-hybridized carbons (Fsp3) is 0.583. The molecule has 1 atom stereocenters. The summed E-state index contributed by atoms with van der Waals surface area (Å²) in [7, 11) is 1.53. The summed E-state index contributed by atoms with van der Waals surface area (Å²) in [5.74, 6) is -1.07. The van der Waals surface area contributed by atoms with Crippen LogP contribution in [0.1, 0.15) is 19.8 Å². The van der Waals surface area contributed by atoms with Crippen LogP contribution in [0.2, 0.25) is 0 Å². The Morgan fingerprint density at radius 1 is 1.53 bits per heavy atom. The molecule has 0 aromatic carbocycles. The number of hydrogen-bond donors (Lipinski definition) is 1. The molecule has 1 unspecified atom stereocenters. The topological polar surface area (TPSA) is 83.9 Å². The molecule has 0 aromatic heterocycles. The van der Waals surface area contributed by atoms with Crippen LogP contribution in [-0.2, 0) is 19.1 Å². The summed E-state index contributed by atoms with van der Waals surface area (Å²) in [6.07, 6.45) is 1.92. The number of carbonyl (C=O) groups is 3. The molecule has 1 aliphatic heterocycles. The normalized spacial score (nSPS) is 20.3. The van der Waals surface area contributed by atoms with Crippen molar-refractivity contribution >= 4 is 28.8 Å². The van der Waals surface area contributed by atoms with E-state index in [-0.39, 0.29) is 36.1 Å². The lowest BCUT2D eigenvalue weighted by molar-refractivity contribution is -0.145. The van der Waals surface area contributed by atoms with Crippen molar-refractivity contribution in [2.45, 2.75) is 25.9 Å². The highest BCUT2D eigenvalue weighted by Gasteiger charge is 2.37. The maximum absolute atomic E-state index is 12.0. The van der Waals surface area contributed by atoms with Gasteiger partial charge in [0, 0.05) is 39.2 Å². The van der Waals surface area contributed by atoms with Crippen LogP contribution in [0, 0.1) is 12.5 Å². The van der Waals surface area contributed by atoms with Gasteiger partial charge in [0.1, 0.15) is 0 Å². The smallest absolute Gasteiger partial charge is 0.333 e. The zero-order chi connectivity index (χ0) is 14.4. The van der Waals surface area contributed by atoms with Crippen LogP contribution in [0.3, 0.4) is 0 Å². The van der Waals surface area contributed by atoms with Gasteiger partial charge in [-0.1, -0.05) is 11.8 Å². The van der Waals surface area contributed by atoms with Gasteiger partial charge in [-0.3, -0.25) is 9.59 Å². The Kier molecular flexibility index (Phi) is 6.30. The van der Waals surface area contributed by atoms with E-state index in [1.165, 1.54) is 25.4 Å². The second kappa shape index (κ2) is 7.49. The number of carbonyl (C=O) groups excluding carboxylic acids is 2. The van der Waals surface area contributed by atoms with Crippen molar-refractivity contribution in [1.82, 2.24) is 4.90 Å². The Morgan fingerprint density at radius 3 is 2.74 bits per heavy atom. The lowest BCUT2D eigenvalue weighted by Crippen LogP contribution is -2.48. The minimum atomic E-state index is -1.12. The van der Waals surface area contributed by atoms with Crippen molar-refractivity contribution in [3.05, 3.63) is 12.5 Å². The van der Waals surface area contributed by atoms with Crippen LogP contribution in [0.5, 0.6) is 0 Å². The van der Waals surface area contributed by atoms with Gasteiger partial charge in [0.15, 0.2) is 11.2 Å². The van der Waals surface area contributed by atoms with Gasteiger partial charge in [0.2, 0.25) is 5.91 Å². The zero-order valence-electron chi connectivity index (χ0n) is 10.9. The Hall–Kier alpha value is -1.08. The van der Waals surface area contributed by atoms with Gasteiger partial charge >= 0.3 is 5.97 Å². The Bertz CT molecular complexity index is 360. The molecule has 1 amide bonds. The zero-order valence-corrected chi connectivity index (χ0v) is 11.7. The van der Waals surface area contributed by atoms with Crippen LogP contribution in [0.4, 0.5) is 0 Å². The number of methoxy groups -OCH3 is 1.